The van der Waals surface area contributed by atoms with E-state index in [1.54, 1.807) is 6.07 Å². The molecule has 2 unspecified atom stereocenters. The summed E-state index contributed by atoms with van der Waals surface area (Å²) in [6, 6.07) is 4.82. The van der Waals surface area contributed by atoms with Crippen molar-refractivity contribution in [3.63, 3.8) is 0 Å². The van der Waals surface area contributed by atoms with Gasteiger partial charge in [-0.25, -0.2) is 13.8 Å². The maximum Gasteiger partial charge on any atom is 0.263 e. The van der Waals surface area contributed by atoms with Crippen molar-refractivity contribution in [2.45, 2.75) is 43.7 Å². The molecule has 3 heterocycles. The van der Waals surface area contributed by atoms with E-state index in [0.29, 0.717) is 55.4 Å². The van der Waals surface area contributed by atoms with Crippen molar-refractivity contribution in [1.29, 1.82) is 0 Å². The lowest BCUT2D eigenvalue weighted by Crippen LogP contribution is -2.30. The highest BCUT2D eigenvalue weighted by Crippen LogP contribution is 2.38. The number of nitrogens with two attached hydrogens (primary N) is 1. The smallest absolute Gasteiger partial charge is 0.263 e. The van der Waals surface area contributed by atoms with Crippen LogP contribution in [0.4, 0.5) is 20.4 Å². The molecule has 11 heteroatoms. The van der Waals surface area contributed by atoms with E-state index in [1.807, 2.05) is 11.0 Å². The van der Waals surface area contributed by atoms with Crippen molar-refractivity contribution < 1.29 is 27.8 Å². The van der Waals surface area contributed by atoms with E-state index in [2.05, 4.69) is 15.6 Å². The monoisotopic (exact) mass is 515 g/mol. The highest BCUT2D eigenvalue weighted by molar-refractivity contribution is 5.94. The van der Waals surface area contributed by atoms with E-state index in [-0.39, 0.29) is 36.9 Å². The third-order valence-electron chi connectivity index (χ3n) is 7.53. The van der Waals surface area contributed by atoms with E-state index < -0.39 is 17.2 Å². The molecule has 2 aliphatic heterocycles. The number of aromatic nitrogens is 1. The predicted octanol–water partition coefficient (Wildman–Crippen LogP) is 2.12. The first-order valence-electron chi connectivity index (χ1n) is 12.8. The quantitative estimate of drug-likeness (QED) is 0.436. The van der Waals surface area contributed by atoms with Crippen LogP contribution >= 0.6 is 0 Å². The van der Waals surface area contributed by atoms with Gasteiger partial charge < -0.3 is 35.5 Å². The van der Waals surface area contributed by atoms with Gasteiger partial charge in [0, 0.05) is 12.6 Å². The van der Waals surface area contributed by atoms with Gasteiger partial charge in [0.2, 0.25) is 0 Å². The number of nitrogens with one attached hydrogen (secondary N) is 2. The number of amides is 1. The summed E-state index contributed by atoms with van der Waals surface area (Å²) < 4.78 is 46.5. The Morgan fingerprint density at radius 2 is 2.11 bits per heavy atom. The number of halogens is 2. The molecule has 37 heavy (non-hydrogen) atoms. The van der Waals surface area contributed by atoms with Crippen LogP contribution in [0, 0.1) is 17.6 Å². The second kappa shape index (κ2) is 9.70. The third kappa shape index (κ3) is 5.21. The molecule has 6 rings (SSSR count). The Kier molecular flexibility index (Phi) is 6.37. The van der Waals surface area contributed by atoms with Gasteiger partial charge in [-0.3, -0.25) is 4.79 Å². The Morgan fingerprint density at radius 1 is 1.27 bits per heavy atom. The second-order valence-electron chi connectivity index (χ2n) is 10.5. The van der Waals surface area contributed by atoms with Crippen LogP contribution in [-0.2, 0) is 22.4 Å². The van der Waals surface area contributed by atoms with Gasteiger partial charge in [-0.15, -0.1) is 0 Å². The number of pyridine rings is 1. The normalized spacial score (nSPS) is 23.3. The number of fused-ring (bicyclic) bond motifs is 2. The molecule has 9 nitrogen and oxygen atoms in total. The number of benzene rings is 1. The number of rotatable bonds is 9. The summed E-state index contributed by atoms with van der Waals surface area (Å²) in [5.41, 5.74) is 6.51. The molecule has 198 valence electrons. The molecule has 0 bridgehead atoms. The van der Waals surface area contributed by atoms with Gasteiger partial charge >= 0.3 is 0 Å². The van der Waals surface area contributed by atoms with Gasteiger partial charge in [0.15, 0.2) is 29.7 Å². The molecule has 2 aliphatic carbocycles. The molecule has 2 aromatic rings. The molecule has 1 saturated heterocycles. The van der Waals surface area contributed by atoms with Gasteiger partial charge in [0.25, 0.3) is 5.91 Å². The SMILES string of the molecule is NC1(COc2cc(F)c3c(c2F)CC(CNCCC2CN(c4ccc5c(n4)NC(=O)CO5)CO2)C3)CC1. The minimum Gasteiger partial charge on any atom is -0.488 e. The van der Waals surface area contributed by atoms with Gasteiger partial charge in [-0.05, 0) is 74.4 Å². The second-order valence-corrected chi connectivity index (χ2v) is 10.5. The zero-order valence-corrected chi connectivity index (χ0v) is 20.5. The Hall–Kier alpha value is -3.02. The van der Waals surface area contributed by atoms with E-state index >= 15 is 0 Å². The van der Waals surface area contributed by atoms with E-state index in [4.69, 9.17) is 19.9 Å². The molecule has 1 aromatic heterocycles. The summed E-state index contributed by atoms with van der Waals surface area (Å²) in [4.78, 5) is 18.1. The fourth-order valence-corrected chi connectivity index (χ4v) is 5.13. The van der Waals surface area contributed by atoms with Gasteiger partial charge in [0.1, 0.15) is 25.0 Å². The molecule has 0 radical (unpaired) electrons. The number of nitrogens with zero attached hydrogens (tertiary/aromatic N) is 2. The lowest BCUT2D eigenvalue weighted by molar-refractivity contribution is -0.118. The van der Waals surface area contributed by atoms with Crippen LogP contribution in [-0.4, -0.2) is 62.1 Å². The first kappa shape index (κ1) is 24.3. The number of carbonyl (C=O) groups is 1. The topological polar surface area (TPSA) is 111 Å². The minimum absolute atomic E-state index is 0.00241. The van der Waals surface area contributed by atoms with Crippen LogP contribution in [0.1, 0.15) is 30.4 Å². The highest BCUT2D eigenvalue weighted by Gasteiger charge is 2.39. The number of hydrogen-bond acceptors (Lipinski definition) is 8. The molecule has 4 N–H and O–H groups in total. The fourth-order valence-electron chi connectivity index (χ4n) is 5.13. The lowest BCUT2D eigenvalue weighted by atomic mass is 10.1. The van der Waals surface area contributed by atoms with Crippen molar-refractivity contribution in [3.8, 4) is 11.5 Å². The molecule has 0 spiro atoms. The summed E-state index contributed by atoms with van der Waals surface area (Å²) in [6.45, 7) is 2.69. The van der Waals surface area contributed by atoms with Gasteiger partial charge in [0.05, 0.1) is 11.6 Å². The maximum absolute atomic E-state index is 15.0. The van der Waals surface area contributed by atoms with Crippen molar-refractivity contribution in [2.75, 3.05) is 49.8 Å². The van der Waals surface area contributed by atoms with Crippen molar-refractivity contribution in [1.82, 2.24) is 10.3 Å². The van der Waals surface area contributed by atoms with Crippen LogP contribution in [0.5, 0.6) is 11.5 Å². The number of anilines is 2. The van der Waals surface area contributed by atoms with Crippen LogP contribution in [0.2, 0.25) is 0 Å². The van der Waals surface area contributed by atoms with Gasteiger partial charge in [-0.1, -0.05) is 0 Å². The molecule has 2 atom stereocenters. The summed E-state index contributed by atoms with van der Waals surface area (Å²) in [5, 5.41) is 6.15. The average Bonchev–Trinajstić information content (AvgIpc) is 3.27. The highest BCUT2D eigenvalue weighted by atomic mass is 19.1. The summed E-state index contributed by atoms with van der Waals surface area (Å²) in [6.07, 6.45) is 3.50. The van der Waals surface area contributed by atoms with E-state index in [0.717, 1.165) is 37.7 Å². The largest absolute Gasteiger partial charge is 0.488 e. The first-order valence-corrected chi connectivity index (χ1v) is 12.8. The zero-order chi connectivity index (χ0) is 25.6. The third-order valence-corrected chi connectivity index (χ3v) is 7.53. The molecule has 4 aliphatic rings. The van der Waals surface area contributed by atoms with Crippen LogP contribution in [0.15, 0.2) is 18.2 Å². The zero-order valence-electron chi connectivity index (χ0n) is 20.5. The number of carbonyl (C=O) groups excluding carboxylic acids is 1. The Morgan fingerprint density at radius 3 is 2.95 bits per heavy atom. The fraction of sp³-hybridized carbons (Fsp3) is 0.538. The number of hydrogen-bond donors (Lipinski definition) is 3. The molecule has 1 saturated carbocycles. The van der Waals surface area contributed by atoms with Crippen molar-refractivity contribution in [3.05, 3.63) is 41.0 Å². The summed E-state index contributed by atoms with van der Waals surface area (Å²) in [5.74, 6) is 0.709. The van der Waals surface area contributed by atoms with Crippen molar-refractivity contribution in [2.24, 2.45) is 11.7 Å². The minimum atomic E-state index is -0.454. The van der Waals surface area contributed by atoms with Crippen LogP contribution in [0.25, 0.3) is 0 Å². The summed E-state index contributed by atoms with van der Waals surface area (Å²) in [7, 11) is 0. The molecular weight excluding hydrogens is 484 g/mol. The van der Waals surface area contributed by atoms with Crippen LogP contribution in [0.3, 0.4) is 0 Å². The maximum atomic E-state index is 15.0. The van der Waals surface area contributed by atoms with E-state index in [9.17, 15) is 13.6 Å². The first-order chi connectivity index (χ1) is 17.9. The predicted molar refractivity (Wildman–Crippen MR) is 132 cm³/mol. The molecule has 2 fully saturated rings. The molecular formula is C26H31F2N5O4. The summed E-state index contributed by atoms with van der Waals surface area (Å²) >= 11 is 0. The molecule has 1 amide bonds. The molecule has 1 aromatic carbocycles. The van der Waals surface area contributed by atoms with Crippen molar-refractivity contribution >= 4 is 17.5 Å². The van der Waals surface area contributed by atoms with E-state index in [1.165, 1.54) is 0 Å². The average molecular weight is 516 g/mol. The Bertz CT molecular complexity index is 1210. The Labute approximate surface area is 213 Å². The standard InChI is InChI=1S/C26H31F2N5O4/c27-19-9-21(36-13-26(29)4-5-26)24(28)18-8-15(7-17(18)19)10-30-6-3-16-11-33(14-37-16)22-2-1-20-25(31-22)32-23(34)12-35-20/h1-2,9,15-16,30H,3-8,10-14,29H2,(H,31,32,34). The number of ether oxygens (including phenoxy) is 3. The van der Waals surface area contributed by atoms with Gasteiger partial charge in [-0.2, -0.15) is 0 Å². The van der Waals surface area contributed by atoms with Crippen LogP contribution < -0.4 is 30.7 Å². The Balaban J connectivity index is 0.959. The lowest BCUT2D eigenvalue weighted by Gasteiger charge is -2.20.